The standard InChI is InChI=1S/C12H12ClFO/c1-8(14)11(15)12(6-7-12)9-4-2-3-5-10(9)13/h2-5,11,15H,1,6-7H2. The fourth-order valence-corrected chi connectivity index (χ4v) is 2.31. The highest BCUT2D eigenvalue weighted by molar-refractivity contribution is 6.31. The van der Waals surface area contributed by atoms with E-state index in [0.717, 1.165) is 18.4 Å². The summed E-state index contributed by atoms with van der Waals surface area (Å²) in [5, 5.41) is 10.3. The second-order valence-electron chi connectivity index (χ2n) is 3.99. The lowest BCUT2D eigenvalue weighted by atomic mass is 9.89. The lowest BCUT2D eigenvalue weighted by Crippen LogP contribution is -2.26. The number of aliphatic hydroxyl groups is 1. The van der Waals surface area contributed by atoms with Crippen LogP contribution >= 0.6 is 11.6 Å². The van der Waals surface area contributed by atoms with Crippen molar-refractivity contribution >= 4 is 11.6 Å². The van der Waals surface area contributed by atoms with E-state index >= 15 is 0 Å². The van der Waals surface area contributed by atoms with Crippen molar-refractivity contribution < 1.29 is 9.50 Å². The van der Waals surface area contributed by atoms with Crippen LogP contribution in [0.4, 0.5) is 4.39 Å². The van der Waals surface area contributed by atoms with E-state index in [9.17, 15) is 9.50 Å². The molecular weight excluding hydrogens is 215 g/mol. The molecule has 0 spiro atoms. The van der Waals surface area contributed by atoms with E-state index < -0.39 is 17.3 Å². The largest absolute Gasteiger partial charge is 0.385 e. The van der Waals surface area contributed by atoms with Gasteiger partial charge >= 0.3 is 0 Å². The van der Waals surface area contributed by atoms with Gasteiger partial charge in [-0.1, -0.05) is 36.4 Å². The van der Waals surface area contributed by atoms with E-state index in [4.69, 9.17) is 11.6 Å². The van der Waals surface area contributed by atoms with Gasteiger partial charge in [0.15, 0.2) is 0 Å². The number of rotatable bonds is 3. The molecule has 1 nitrogen and oxygen atoms in total. The molecular formula is C12H12ClFO. The highest BCUT2D eigenvalue weighted by atomic mass is 35.5. The fraction of sp³-hybridized carbons (Fsp3) is 0.333. The first kappa shape index (κ1) is 10.7. The molecule has 1 N–H and O–H groups in total. The van der Waals surface area contributed by atoms with E-state index in [1.165, 1.54) is 0 Å². The summed E-state index contributed by atoms with van der Waals surface area (Å²) in [7, 11) is 0. The zero-order chi connectivity index (χ0) is 11.1. The second-order valence-corrected chi connectivity index (χ2v) is 4.39. The highest BCUT2D eigenvalue weighted by Crippen LogP contribution is 2.54. The molecule has 1 unspecified atom stereocenters. The minimum absolute atomic E-state index is 0.538. The molecule has 0 aromatic heterocycles. The Morgan fingerprint density at radius 3 is 2.53 bits per heavy atom. The highest BCUT2D eigenvalue weighted by Gasteiger charge is 2.52. The third kappa shape index (κ3) is 1.68. The predicted molar refractivity (Wildman–Crippen MR) is 58.6 cm³/mol. The number of benzene rings is 1. The maximum Gasteiger partial charge on any atom is 0.122 e. The topological polar surface area (TPSA) is 20.2 Å². The Bertz CT molecular complexity index is 398. The van der Waals surface area contributed by atoms with Crippen LogP contribution in [0.1, 0.15) is 18.4 Å². The molecule has 0 saturated heterocycles. The molecule has 1 aliphatic carbocycles. The van der Waals surface area contributed by atoms with Gasteiger partial charge in [-0.25, -0.2) is 4.39 Å². The molecule has 1 aromatic carbocycles. The average molecular weight is 227 g/mol. The molecule has 1 aromatic rings. The zero-order valence-electron chi connectivity index (χ0n) is 8.21. The third-order valence-corrected chi connectivity index (χ3v) is 3.35. The van der Waals surface area contributed by atoms with Crippen molar-refractivity contribution in [1.82, 2.24) is 0 Å². The normalized spacial score (nSPS) is 19.7. The van der Waals surface area contributed by atoms with Gasteiger partial charge in [-0.05, 0) is 24.5 Å². The van der Waals surface area contributed by atoms with Crippen LogP contribution in [0.15, 0.2) is 36.7 Å². The maximum absolute atomic E-state index is 13.0. The zero-order valence-corrected chi connectivity index (χ0v) is 8.97. The third-order valence-electron chi connectivity index (χ3n) is 3.02. The summed E-state index contributed by atoms with van der Waals surface area (Å²) in [6.07, 6.45) is 0.360. The van der Waals surface area contributed by atoms with Crippen LogP contribution in [0.5, 0.6) is 0 Å². The summed E-state index contributed by atoms with van der Waals surface area (Å²) < 4.78 is 13.0. The van der Waals surface area contributed by atoms with Crippen LogP contribution in [0.3, 0.4) is 0 Å². The first-order valence-corrected chi connectivity index (χ1v) is 5.23. The monoisotopic (exact) mass is 226 g/mol. The van der Waals surface area contributed by atoms with Crippen LogP contribution < -0.4 is 0 Å². The van der Waals surface area contributed by atoms with E-state index in [-0.39, 0.29) is 0 Å². The lowest BCUT2D eigenvalue weighted by molar-refractivity contribution is 0.142. The van der Waals surface area contributed by atoms with Gasteiger partial charge in [0.25, 0.3) is 0 Å². The minimum atomic E-state index is -1.14. The van der Waals surface area contributed by atoms with Crippen molar-refractivity contribution in [3.63, 3.8) is 0 Å². The van der Waals surface area contributed by atoms with Gasteiger partial charge in [0.2, 0.25) is 0 Å². The molecule has 15 heavy (non-hydrogen) atoms. The Hall–Kier alpha value is -0.860. The molecule has 1 fully saturated rings. The Morgan fingerprint density at radius 1 is 1.47 bits per heavy atom. The molecule has 0 radical (unpaired) electrons. The molecule has 1 atom stereocenters. The van der Waals surface area contributed by atoms with E-state index in [1.54, 1.807) is 6.07 Å². The summed E-state index contributed by atoms with van der Waals surface area (Å²) in [5.74, 6) is -0.688. The molecule has 0 bridgehead atoms. The van der Waals surface area contributed by atoms with E-state index in [0.29, 0.717) is 5.02 Å². The number of hydrogen-bond acceptors (Lipinski definition) is 1. The number of hydrogen-bond donors (Lipinski definition) is 1. The summed E-state index contributed by atoms with van der Waals surface area (Å²) in [6.45, 7) is 3.16. The molecule has 0 heterocycles. The van der Waals surface area contributed by atoms with Gasteiger partial charge in [-0.3, -0.25) is 0 Å². The van der Waals surface area contributed by atoms with Gasteiger partial charge in [-0.2, -0.15) is 0 Å². The van der Waals surface area contributed by atoms with Crippen molar-refractivity contribution in [2.45, 2.75) is 24.4 Å². The Morgan fingerprint density at radius 2 is 2.07 bits per heavy atom. The Balaban J connectivity index is 2.39. The average Bonchev–Trinajstić information content (AvgIpc) is 2.98. The summed E-state index contributed by atoms with van der Waals surface area (Å²) in [5.41, 5.74) is 0.280. The number of halogens is 2. The molecule has 3 heteroatoms. The SMILES string of the molecule is C=C(F)C(O)C1(c2ccccc2Cl)CC1. The lowest BCUT2D eigenvalue weighted by Gasteiger charge is -2.22. The van der Waals surface area contributed by atoms with Gasteiger partial charge in [0.05, 0.1) is 0 Å². The van der Waals surface area contributed by atoms with Crippen molar-refractivity contribution in [2.24, 2.45) is 0 Å². The van der Waals surface area contributed by atoms with Crippen molar-refractivity contribution in [3.05, 3.63) is 47.3 Å². The second kappa shape index (κ2) is 3.62. The Labute approximate surface area is 93.2 Å². The predicted octanol–water partition coefficient (Wildman–Crippen LogP) is 3.22. The molecule has 0 amide bonds. The quantitative estimate of drug-likeness (QED) is 0.839. The van der Waals surface area contributed by atoms with Gasteiger partial charge in [-0.15, -0.1) is 0 Å². The van der Waals surface area contributed by atoms with Crippen LogP contribution in [-0.4, -0.2) is 11.2 Å². The van der Waals surface area contributed by atoms with E-state index in [2.05, 4.69) is 6.58 Å². The molecule has 2 rings (SSSR count). The van der Waals surface area contributed by atoms with Gasteiger partial charge in [0, 0.05) is 10.4 Å². The fourth-order valence-electron chi connectivity index (χ4n) is 1.99. The molecule has 0 aliphatic heterocycles. The van der Waals surface area contributed by atoms with Crippen molar-refractivity contribution in [3.8, 4) is 0 Å². The Kier molecular flexibility index (Phi) is 2.57. The van der Waals surface area contributed by atoms with Crippen molar-refractivity contribution in [1.29, 1.82) is 0 Å². The molecule has 1 saturated carbocycles. The van der Waals surface area contributed by atoms with Crippen LogP contribution in [0.2, 0.25) is 5.02 Å². The number of aliphatic hydroxyl groups excluding tert-OH is 1. The van der Waals surface area contributed by atoms with Gasteiger partial charge in [0.1, 0.15) is 11.9 Å². The van der Waals surface area contributed by atoms with Crippen LogP contribution in [0, 0.1) is 0 Å². The first-order chi connectivity index (χ1) is 7.08. The van der Waals surface area contributed by atoms with Crippen LogP contribution in [-0.2, 0) is 5.41 Å². The van der Waals surface area contributed by atoms with Crippen molar-refractivity contribution in [2.75, 3.05) is 0 Å². The summed E-state index contributed by atoms with van der Waals surface area (Å²) in [6, 6.07) is 7.25. The van der Waals surface area contributed by atoms with Gasteiger partial charge < -0.3 is 5.11 Å². The van der Waals surface area contributed by atoms with E-state index in [1.807, 2.05) is 18.2 Å². The first-order valence-electron chi connectivity index (χ1n) is 4.85. The maximum atomic E-state index is 13.0. The molecule has 80 valence electrons. The molecule has 1 aliphatic rings. The van der Waals surface area contributed by atoms with Crippen LogP contribution in [0.25, 0.3) is 0 Å². The smallest absolute Gasteiger partial charge is 0.122 e. The minimum Gasteiger partial charge on any atom is -0.385 e. The summed E-state index contributed by atoms with van der Waals surface area (Å²) in [4.78, 5) is 0. The summed E-state index contributed by atoms with van der Waals surface area (Å²) >= 11 is 6.03.